The first-order valence-corrected chi connectivity index (χ1v) is 10.6. The molecule has 0 aliphatic carbocycles. The summed E-state index contributed by atoms with van der Waals surface area (Å²) in [6.45, 7) is 2.72. The Morgan fingerprint density at radius 3 is 2.50 bits per heavy atom. The van der Waals surface area contributed by atoms with Crippen LogP contribution in [0.3, 0.4) is 0 Å². The number of carbonyl (C=O) groups is 2. The van der Waals surface area contributed by atoms with Gasteiger partial charge in [-0.3, -0.25) is 9.59 Å². The molecule has 1 aliphatic heterocycles. The van der Waals surface area contributed by atoms with Gasteiger partial charge in [-0.15, -0.1) is 0 Å². The molecule has 0 aromatic heterocycles. The van der Waals surface area contributed by atoms with Crippen molar-refractivity contribution >= 4 is 40.7 Å². The van der Waals surface area contributed by atoms with E-state index in [2.05, 4.69) is 10.2 Å². The van der Waals surface area contributed by atoms with Crippen LogP contribution < -0.4 is 15.0 Å². The number of piperazine rings is 1. The van der Waals surface area contributed by atoms with E-state index in [4.69, 9.17) is 27.9 Å². The van der Waals surface area contributed by atoms with E-state index in [1.165, 1.54) is 0 Å². The summed E-state index contributed by atoms with van der Waals surface area (Å²) >= 11 is 12.2. The molecule has 30 heavy (non-hydrogen) atoms. The Labute approximate surface area is 186 Å². The molecule has 1 aliphatic rings. The fourth-order valence-electron chi connectivity index (χ4n) is 3.38. The van der Waals surface area contributed by atoms with Crippen molar-refractivity contribution in [2.45, 2.75) is 12.8 Å². The van der Waals surface area contributed by atoms with E-state index in [0.29, 0.717) is 41.7 Å². The van der Waals surface area contributed by atoms with Gasteiger partial charge in [0.2, 0.25) is 11.8 Å². The zero-order chi connectivity index (χ0) is 21.5. The minimum Gasteiger partial charge on any atom is -0.495 e. The molecule has 0 spiro atoms. The third-order valence-electron chi connectivity index (χ3n) is 5.10. The van der Waals surface area contributed by atoms with Crippen molar-refractivity contribution in [1.82, 2.24) is 10.2 Å². The van der Waals surface area contributed by atoms with Crippen LogP contribution in [0.1, 0.15) is 12.0 Å². The van der Waals surface area contributed by atoms with Crippen LogP contribution in [0.4, 0.5) is 5.69 Å². The van der Waals surface area contributed by atoms with Gasteiger partial charge in [0, 0.05) is 43.3 Å². The maximum Gasteiger partial charge on any atom is 0.242 e. The van der Waals surface area contributed by atoms with Gasteiger partial charge in [-0.1, -0.05) is 35.3 Å². The number of amides is 2. The van der Waals surface area contributed by atoms with Gasteiger partial charge in [0.1, 0.15) is 5.75 Å². The highest BCUT2D eigenvalue weighted by molar-refractivity contribution is 6.32. The second-order valence-electron chi connectivity index (χ2n) is 7.09. The standard InChI is InChI=1S/C22H25Cl2N3O3/c1-30-20-7-5-16(13-19(20)24)6-8-21(28)25-15-22(29)27-11-9-26(10-12-27)18-4-2-3-17(23)14-18/h2-5,7,13-14H,6,8-12,15H2,1H3,(H,25,28). The Morgan fingerprint density at radius 1 is 1.07 bits per heavy atom. The first-order chi connectivity index (χ1) is 14.5. The van der Waals surface area contributed by atoms with Crippen molar-refractivity contribution in [3.05, 3.63) is 58.1 Å². The minimum atomic E-state index is -0.159. The fraction of sp³-hybridized carbons (Fsp3) is 0.364. The van der Waals surface area contributed by atoms with Crippen LogP contribution in [0, 0.1) is 0 Å². The second-order valence-corrected chi connectivity index (χ2v) is 7.94. The number of ether oxygens (including phenoxy) is 1. The number of anilines is 1. The molecule has 0 unspecified atom stereocenters. The summed E-state index contributed by atoms with van der Waals surface area (Å²) in [5.74, 6) is 0.375. The van der Waals surface area contributed by atoms with E-state index in [9.17, 15) is 9.59 Å². The highest BCUT2D eigenvalue weighted by atomic mass is 35.5. The molecule has 0 radical (unpaired) electrons. The van der Waals surface area contributed by atoms with Gasteiger partial charge in [0.25, 0.3) is 0 Å². The van der Waals surface area contributed by atoms with Crippen LogP contribution in [0.5, 0.6) is 5.75 Å². The van der Waals surface area contributed by atoms with Crippen LogP contribution in [0.2, 0.25) is 10.0 Å². The minimum absolute atomic E-state index is 0.0133. The molecule has 8 heteroatoms. The Morgan fingerprint density at radius 2 is 1.83 bits per heavy atom. The van der Waals surface area contributed by atoms with E-state index < -0.39 is 0 Å². The van der Waals surface area contributed by atoms with Gasteiger partial charge < -0.3 is 19.9 Å². The van der Waals surface area contributed by atoms with Gasteiger partial charge in [0.05, 0.1) is 18.7 Å². The van der Waals surface area contributed by atoms with Crippen molar-refractivity contribution in [1.29, 1.82) is 0 Å². The van der Waals surface area contributed by atoms with Gasteiger partial charge >= 0.3 is 0 Å². The number of carbonyl (C=O) groups excluding carboxylic acids is 2. The van der Waals surface area contributed by atoms with E-state index in [1.807, 2.05) is 30.3 Å². The molecular weight excluding hydrogens is 425 g/mol. The lowest BCUT2D eigenvalue weighted by molar-refractivity contribution is -0.133. The van der Waals surface area contributed by atoms with Crippen LogP contribution in [0.15, 0.2) is 42.5 Å². The molecule has 2 amide bonds. The Hall–Kier alpha value is -2.44. The zero-order valence-electron chi connectivity index (χ0n) is 16.9. The predicted molar refractivity (Wildman–Crippen MR) is 120 cm³/mol. The molecule has 1 N–H and O–H groups in total. The third kappa shape index (κ3) is 6.03. The van der Waals surface area contributed by atoms with Crippen LogP contribution in [0.25, 0.3) is 0 Å². The number of hydrogen-bond donors (Lipinski definition) is 1. The number of hydrogen-bond acceptors (Lipinski definition) is 4. The molecular formula is C22H25Cl2N3O3. The molecule has 0 saturated carbocycles. The highest BCUT2D eigenvalue weighted by Gasteiger charge is 2.21. The number of halogens is 2. The lowest BCUT2D eigenvalue weighted by Gasteiger charge is -2.36. The van der Waals surface area contributed by atoms with Crippen molar-refractivity contribution in [3.8, 4) is 5.75 Å². The summed E-state index contributed by atoms with van der Waals surface area (Å²) in [6, 6.07) is 13.2. The average Bonchev–Trinajstić information content (AvgIpc) is 2.76. The Kier molecular flexibility index (Phi) is 7.82. The van der Waals surface area contributed by atoms with E-state index in [1.54, 1.807) is 24.1 Å². The van der Waals surface area contributed by atoms with Crippen LogP contribution in [-0.4, -0.2) is 56.5 Å². The molecule has 1 saturated heterocycles. The van der Waals surface area contributed by atoms with E-state index >= 15 is 0 Å². The monoisotopic (exact) mass is 449 g/mol. The lowest BCUT2D eigenvalue weighted by Crippen LogP contribution is -2.51. The summed E-state index contributed by atoms with van der Waals surface area (Å²) in [5, 5.41) is 3.93. The topological polar surface area (TPSA) is 61.9 Å². The fourth-order valence-corrected chi connectivity index (χ4v) is 3.85. The van der Waals surface area contributed by atoms with Crippen molar-refractivity contribution < 1.29 is 14.3 Å². The van der Waals surface area contributed by atoms with Gasteiger partial charge in [0.15, 0.2) is 0 Å². The van der Waals surface area contributed by atoms with Gasteiger partial charge in [-0.05, 0) is 42.3 Å². The normalized spacial score (nSPS) is 13.8. The summed E-state index contributed by atoms with van der Waals surface area (Å²) in [4.78, 5) is 28.5. The van der Waals surface area contributed by atoms with Gasteiger partial charge in [-0.2, -0.15) is 0 Å². The molecule has 6 nitrogen and oxygen atoms in total. The molecule has 160 valence electrons. The average molecular weight is 450 g/mol. The number of benzene rings is 2. The first kappa shape index (κ1) is 22.2. The molecule has 0 bridgehead atoms. The Balaban J connectivity index is 1.39. The number of aryl methyl sites for hydroxylation is 1. The smallest absolute Gasteiger partial charge is 0.242 e. The van der Waals surface area contributed by atoms with Crippen LogP contribution in [-0.2, 0) is 16.0 Å². The number of nitrogens with zero attached hydrogens (tertiary/aromatic N) is 2. The summed E-state index contributed by atoms with van der Waals surface area (Å²) in [7, 11) is 1.56. The predicted octanol–water partition coefficient (Wildman–Crippen LogP) is 3.40. The molecule has 1 heterocycles. The lowest BCUT2D eigenvalue weighted by atomic mass is 10.1. The summed E-state index contributed by atoms with van der Waals surface area (Å²) in [6.07, 6.45) is 0.834. The number of nitrogens with one attached hydrogen (secondary N) is 1. The van der Waals surface area contributed by atoms with Crippen molar-refractivity contribution in [2.75, 3.05) is 44.7 Å². The maximum atomic E-state index is 12.4. The van der Waals surface area contributed by atoms with Crippen molar-refractivity contribution in [3.63, 3.8) is 0 Å². The largest absolute Gasteiger partial charge is 0.495 e. The number of rotatable bonds is 7. The molecule has 2 aromatic rings. The Bertz CT molecular complexity index is 899. The molecule has 0 atom stereocenters. The number of methoxy groups -OCH3 is 1. The zero-order valence-corrected chi connectivity index (χ0v) is 18.4. The summed E-state index contributed by atoms with van der Waals surface area (Å²) in [5.41, 5.74) is 2.00. The maximum absolute atomic E-state index is 12.4. The second kappa shape index (κ2) is 10.5. The molecule has 2 aromatic carbocycles. The summed E-state index contributed by atoms with van der Waals surface area (Å²) < 4.78 is 5.12. The highest BCUT2D eigenvalue weighted by Crippen LogP contribution is 2.25. The van der Waals surface area contributed by atoms with E-state index in [0.717, 1.165) is 24.3 Å². The molecule has 3 rings (SSSR count). The first-order valence-electron chi connectivity index (χ1n) is 9.83. The van der Waals surface area contributed by atoms with E-state index in [-0.39, 0.29) is 18.4 Å². The molecule has 1 fully saturated rings. The third-order valence-corrected chi connectivity index (χ3v) is 5.63. The van der Waals surface area contributed by atoms with Crippen molar-refractivity contribution in [2.24, 2.45) is 0 Å². The van der Waals surface area contributed by atoms with Crippen LogP contribution >= 0.6 is 23.2 Å². The SMILES string of the molecule is COc1ccc(CCC(=O)NCC(=O)N2CCN(c3cccc(Cl)c3)CC2)cc1Cl. The van der Waals surface area contributed by atoms with Gasteiger partial charge in [-0.25, -0.2) is 0 Å². The quantitative estimate of drug-likeness (QED) is 0.703.